The minimum atomic E-state index is -1.25. The average Bonchev–Trinajstić information content (AvgIpc) is 3.13. The molecule has 2 fully saturated rings. The van der Waals surface area contributed by atoms with Gasteiger partial charge in [0, 0.05) is 78.9 Å². The van der Waals surface area contributed by atoms with Crippen LogP contribution in [0.25, 0.3) is 0 Å². The van der Waals surface area contributed by atoms with E-state index in [9.17, 15) is 19.8 Å². The lowest BCUT2D eigenvalue weighted by atomic mass is 9.82. The second kappa shape index (κ2) is 20.1. The fourth-order valence-corrected chi connectivity index (χ4v) is 7.16. The Kier molecular flexibility index (Phi) is 16.0. The lowest BCUT2D eigenvalue weighted by molar-refractivity contribution is -0.140. The molecule has 0 radical (unpaired) electrons. The summed E-state index contributed by atoms with van der Waals surface area (Å²) in [6.45, 7) is 11.3. The molecular weight excluding hydrogens is 652 g/mol. The van der Waals surface area contributed by atoms with E-state index in [4.69, 9.17) is 18.9 Å². The number of aliphatic hydroxyl groups excluding tert-OH is 2. The summed E-state index contributed by atoms with van der Waals surface area (Å²) in [5, 5.41) is 21.7. The van der Waals surface area contributed by atoms with Gasteiger partial charge in [0.1, 0.15) is 29.8 Å². The van der Waals surface area contributed by atoms with Gasteiger partial charge in [-0.3, -0.25) is 19.4 Å². The predicted octanol–water partition coefficient (Wildman–Crippen LogP) is 3.06. The molecule has 5 atom stereocenters. The molecule has 12 heteroatoms. The van der Waals surface area contributed by atoms with Crippen molar-refractivity contribution in [2.24, 2.45) is 11.8 Å². The third kappa shape index (κ3) is 11.6. The van der Waals surface area contributed by atoms with E-state index in [0.29, 0.717) is 38.3 Å². The summed E-state index contributed by atoms with van der Waals surface area (Å²) < 4.78 is 22.4. The number of carbonyl (C=O) groups is 2. The van der Waals surface area contributed by atoms with Crippen molar-refractivity contribution in [3.8, 4) is 11.5 Å². The molecule has 2 N–H and O–H groups in total. The fourth-order valence-electron chi connectivity index (χ4n) is 7.16. The quantitative estimate of drug-likeness (QED) is 0.401. The monoisotopic (exact) mass is 712 g/mol. The van der Waals surface area contributed by atoms with Crippen molar-refractivity contribution in [1.29, 1.82) is 0 Å². The molecular formula is C39H60N4O8. The van der Waals surface area contributed by atoms with Gasteiger partial charge in [0.2, 0.25) is 11.8 Å². The Morgan fingerprint density at radius 1 is 0.882 bits per heavy atom. The highest BCUT2D eigenvalue weighted by Gasteiger charge is 2.38. The average molecular weight is 713 g/mol. The molecule has 12 nitrogen and oxygen atoms in total. The van der Waals surface area contributed by atoms with Crippen molar-refractivity contribution in [2.45, 2.75) is 64.5 Å². The summed E-state index contributed by atoms with van der Waals surface area (Å²) in [6.07, 6.45) is -1.90. The number of nitrogens with zero attached hydrogens (tertiary/aromatic N) is 4. The Balaban J connectivity index is 1.63. The van der Waals surface area contributed by atoms with Crippen LogP contribution in [0.15, 0.2) is 48.5 Å². The summed E-state index contributed by atoms with van der Waals surface area (Å²) in [4.78, 5) is 36.2. The van der Waals surface area contributed by atoms with Crippen LogP contribution in [0, 0.1) is 11.8 Å². The molecule has 0 unspecified atom stereocenters. The lowest BCUT2D eigenvalue weighted by Crippen LogP contribution is -2.53. The Bertz CT molecular complexity index is 1370. The number of hydrogen-bond donors (Lipinski definition) is 2. The normalized spacial score (nSPS) is 25.2. The fraction of sp³-hybridized carbons (Fsp3) is 0.641. The summed E-state index contributed by atoms with van der Waals surface area (Å²) in [6, 6.07) is 15.6. The molecule has 4 rings (SSSR count). The van der Waals surface area contributed by atoms with Gasteiger partial charge in [-0.1, -0.05) is 38.1 Å². The number of ether oxygens (including phenoxy) is 4. The SMILES string of the molecule is COc1cccc(CN2CCN(CC(=O)N3CCCCOC[C@H](O)[C@H](O)[C@@H](OC)CN(C(C)=O)C[C@H](C(C)C)[C@H]3c3cccc(OC)c3)CC2)c1. The first-order valence-corrected chi connectivity index (χ1v) is 18.3. The Morgan fingerprint density at radius 2 is 1.55 bits per heavy atom. The highest BCUT2D eigenvalue weighted by Crippen LogP contribution is 2.37. The number of rotatable bonds is 9. The van der Waals surface area contributed by atoms with Gasteiger partial charge in [-0.05, 0) is 54.2 Å². The van der Waals surface area contributed by atoms with E-state index in [1.54, 1.807) is 19.1 Å². The molecule has 2 aliphatic rings. The summed E-state index contributed by atoms with van der Waals surface area (Å²) in [7, 11) is 4.78. The van der Waals surface area contributed by atoms with E-state index in [1.807, 2.05) is 41.3 Å². The smallest absolute Gasteiger partial charge is 0.237 e. The Morgan fingerprint density at radius 3 is 2.20 bits per heavy atom. The second-order valence-corrected chi connectivity index (χ2v) is 14.2. The predicted molar refractivity (Wildman–Crippen MR) is 196 cm³/mol. The van der Waals surface area contributed by atoms with E-state index in [0.717, 1.165) is 44.0 Å². The maximum Gasteiger partial charge on any atom is 0.237 e. The van der Waals surface area contributed by atoms with Gasteiger partial charge in [0.05, 0.1) is 33.4 Å². The van der Waals surface area contributed by atoms with Crippen molar-refractivity contribution >= 4 is 11.8 Å². The molecule has 2 amide bonds. The van der Waals surface area contributed by atoms with Crippen molar-refractivity contribution in [1.82, 2.24) is 19.6 Å². The number of methoxy groups -OCH3 is 3. The largest absolute Gasteiger partial charge is 0.497 e. The molecule has 2 aromatic rings. The molecule has 2 saturated heterocycles. The topological polar surface area (TPSA) is 124 Å². The van der Waals surface area contributed by atoms with Crippen LogP contribution < -0.4 is 9.47 Å². The van der Waals surface area contributed by atoms with Crippen molar-refractivity contribution in [2.75, 3.05) is 86.9 Å². The Labute approximate surface area is 304 Å². The molecule has 284 valence electrons. The molecule has 0 aliphatic carbocycles. The molecule has 0 aromatic heterocycles. The first kappa shape index (κ1) is 40.5. The van der Waals surface area contributed by atoms with Gasteiger partial charge in [0.25, 0.3) is 0 Å². The number of aliphatic hydroxyl groups is 2. The minimum Gasteiger partial charge on any atom is -0.497 e. The first-order chi connectivity index (χ1) is 24.5. The zero-order valence-corrected chi connectivity index (χ0v) is 31.4. The number of amides is 2. The lowest BCUT2D eigenvalue weighted by Gasteiger charge is -2.43. The van der Waals surface area contributed by atoms with Gasteiger partial charge >= 0.3 is 0 Å². The van der Waals surface area contributed by atoms with E-state index >= 15 is 0 Å². The van der Waals surface area contributed by atoms with Crippen molar-refractivity contribution in [3.05, 3.63) is 59.7 Å². The van der Waals surface area contributed by atoms with E-state index in [-0.39, 0.29) is 49.4 Å². The molecule has 2 heterocycles. The zero-order chi connectivity index (χ0) is 36.9. The van der Waals surface area contributed by atoms with Crippen LogP contribution in [0.1, 0.15) is 50.8 Å². The minimum absolute atomic E-state index is 0.0370. The Hall–Kier alpha value is -3.26. The third-order valence-corrected chi connectivity index (χ3v) is 10.3. The van der Waals surface area contributed by atoms with Crippen LogP contribution in [-0.2, 0) is 25.6 Å². The van der Waals surface area contributed by atoms with Gasteiger partial charge < -0.3 is 39.0 Å². The number of piperazine rings is 1. The third-order valence-electron chi connectivity index (χ3n) is 10.3. The number of carbonyl (C=O) groups excluding carboxylic acids is 2. The molecule has 51 heavy (non-hydrogen) atoms. The molecule has 2 aliphatic heterocycles. The number of benzene rings is 2. The summed E-state index contributed by atoms with van der Waals surface area (Å²) in [5.74, 6) is 1.29. The summed E-state index contributed by atoms with van der Waals surface area (Å²) in [5.41, 5.74) is 2.14. The van der Waals surface area contributed by atoms with Crippen LogP contribution in [0.4, 0.5) is 0 Å². The first-order valence-electron chi connectivity index (χ1n) is 18.3. The van der Waals surface area contributed by atoms with Crippen LogP contribution >= 0.6 is 0 Å². The molecule has 0 saturated carbocycles. The molecule has 2 aromatic carbocycles. The van der Waals surface area contributed by atoms with E-state index < -0.39 is 18.3 Å². The highest BCUT2D eigenvalue weighted by molar-refractivity contribution is 5.79. The standard InChI is InChI=1S/C39H60N4O8/c1-28(2)34-24-42(29(3)44)25-36(50-6)39(47)35(45)27-51-20-8-7-15-43(38(34)31-12-10-14-33(22-31)49-5)37(46)26-41-18-16-40(17-19-41)23-30-11-9-13-32(21-30)48-4/h9-14,21-22,28,34-36,38-39,45,47H,7-8,15-20,23-27H2,1-6H3/t34-,35+,36+,38-,39+/m1/s1. The van der Waals surface area contributed by atoms with E-state index in [1.165, 1.54) is 19.6 Å². The van der Waals surface area contributed by atoms with Crippen molar-refractivity contribution in [3.63, 3.8) is 0 Å². The van der Waals surface area contributed by atoms with E-state index in [2.05, 4.69) is 35.8 Å². The van der Waals surface area contributed by atoms with Gasteiger partial charge in [-0.25, -0.2) is 0 Å². The van der Waals surface area contributed by atoms with Crippen LogP contribution in [0.2, 0.25) is 0 Å². The maximum atomic E-state index is 14.6. The van der Waals surface area contributed by atoms with Crippen LogP contribution in [-0.4, -0.2) is 147 Å². The van der Waals surface area contributed by atoms with Gasteiger partial charge in [-0.2, -0.15) is 0 Å². The van der Waals surface area contributed by atoms with Crippen LogP contribution in [0.5, 0.6) is 11.5 Å². The van der Waals surface area contributed by atoms with Crippen molar-refractivity contribution < 1.29 is 38.7 Å². The molecule has 0 spiro atoms. The van der Waals surface area contributed by atoms with Crippen LogP contribution in [0.3, 0.4) is 0 Å². The van der Waals surface area contributed by atoms with Gasteiger partial charge in [0.15, 0.2) is 0 Å². The maximum absolute atomic E-state index is 14.6. The highest BCUT2D eigenvalue weighted by atomic mass is 16.5. The molecule has 0 bridgehead atoms. The zero-order valence-electron chi connectivity index (χ0n) is 31.4. The van der Waals surface area contributed by atoms with Gasteiger partial charge in [-0.15, -0.1) is 0 Å². The number of hydrogen-bond acceptors (Lipinski definition) is 10. The second-order valence-electron chi connectivity index (χ2n) is 14.2. The summed E-state index contributed by atoms with van der Waals surface area (Å²) >= 11 is 0.